The molecule has 4 aromatic rings. The van der Waals surface area contributed by atoms with Crippen LogP contribution >= 0.6 is 0 Å². The summed E-state index contributed by atoms with van der Waals surface area (Å²) in [6, 6.07) is 12.7. The van der Waals surface area contributed by atoms with Crippen LogP contribution in [0.15, 0.2) is 53.6 Å². The molecule has 9 nitrogen and oxygen atoms in total. The summed E-state index contributed by atoms with van der Waals surface area (Å²) >= 11 is 0. The van der Waals surface area contributed by atoms with Gasteiger partial charge < -0.3 is 15.1 Å². The second kappa shape index (κ2) is 10.0. The summed E-state index contributed by atoms with van der Waals surface area (Å²) in [5.41, 5.74) is 5.37. The predicted octanol–water partition coefficient (Wildman–Crippen LogP) is 3.65. The first-order valence-corrected chi connectivity index (χ1v) is 15.1. The molecule has 6 rings (SSSR count). The van der Waals surface area contributed by atoms with Crippen LogP contribution in [0.25, 0.3) is 22.3 Å². The van der Waals surface area contributed by atoms with Crippen LogP contribution in [0.3, 0.4) is 0 Å². The predicted molar refractivity (Wildman–Crippen MR) is 156 cm³/mol. The fourth-order valence-corrected chi connectivity index (χ4v) is 7.31. The molecule has 0 aliphatic carbocycles. The lowest BCUT2D eigenvalue weighted by Crippen LogP contribution is -2.54. The molecule has 0 radical (unpaired) electrons. The summed E-state index contributed by atoms with van der Waals surface area (Å²) in [6.07, 6.45) is 2.48. The number of aromatic nitrogens is 3. The van der Waals surface area contributed by atoms with Crippen LogP contribution < -0.4 is 10.2 Å². The van der Waals surface area contributed by atoms with Crippen molar-refractivity contribution in [3.8, 4) is 11.4 Å². The molecule has 2 aromatic carbocycles. The van der Waals surface area contributed by atoms with Crippen molar-refractivity contribution in [1.29, 1.82) is 0 Å². The van der Waals surface area contributed by atoms with E-state index in [0.717, 1.165) is 52.1 Å². The third-order valence-electron chi connectivity index (χ3n) is 8.06. The average Bonchev–Trinajstić information content (AvgIpc) is 3.30. The topological polar surface area (TPSA) is 100 Å². The molecule has 208 valence electrons. The first-order valence-electron chi connectivity index (χ1n) is 13.7. The number of piperazine rings is 1. The average molecular weight is 559 g/mol. The standard InChI is InChI=1S/C30H34N6O3S/c1-19-8-10-23(11-9-19)40(38,39)36-17-20(2)28-24(6-5-7-27(28)36)29-32-26-12-13-31-16-25(26)30(33-29)35-15-14-34(22(4)37)18-21(35)3/h5-11,17,21,31H,12-16,18H2,1-4H3. The number of carbonyl (C=O) groups is 1. The fourth-order valence-electron chi connectivity index (χ4n) is 5.90. The highest BCUT2D eigenvalue weighted by molar-refractivity contribution is 7.90. The van der Waals surface area contributed by atoms with Crippen molar-refractivity contribution < 1.29 is 13.2 Å². The number of rotatable bonds is 4. The molecule has 1 atom stereocenters. The molecule has 1 fully saturated rings. The zero-order valence-corrected chi connectivity index (χ0v) is 24.1. The number of anilines is 1. The van der Waals surface area contributed by atoms with E-state index in [9.17, 15) is 13.2 Å². The third-order valence-corrected chi connectivity index (χ3v) is 9.75. The van der Waals surface area contributed by atoms with Gasteiger partial charge in [0.2, 0.25) is 5.91 Å². The highest BCUT2D eigenvalue weighted by atomic mass is 32.2. The lowest BCUT2D eigenvalue weighted by Gasteiger charge is -2.41. The van der Waals surface area contributed by atoms with Gasteiger partial charge in [-0.2, -0.15) is 0 Å². The second-order valence-electron chi connectivity index (χ2n) is 10.9. The van der Waals surface area contributed by atoms with Crippen molar-refractivity contribution >= 4 is 32.7 Å². The summed E-state index contributed by atoms with van der Waals surface area (Å²) in [6.45, 7) is 11.1. The zero-order chi connectivity index (χ0) is 28.2. The van der Waals surface area contributed by atoms with Crippen LogP contribution in [0.4, 0.5) is 5.82 Å². The maximum absolute atomic E-state index is 13.7. The minimum Gasteiger partial charge on any atom is -0.350 e. The number of nitrogens with one attached hydrogen (secondary N) is 1. The van der Waals surface area contributed by atoms with Crippen LogP contribution in [0, 0.1) is 13.8 Å². The Morgan fingerprint density at radius 2 is 1.82 bits per heavy atom. The lowest BCUT2D eigenvalue weighted by molar-refractivity contribution is -0.129. The molecular formula is C30H34N6O3S. The van der Waals surface area contributed by atoms with Gasteiger partial charge in [-0.05, 0) is 44.5 Å². The molecule has 1 unspecified atom stereocenters. The molecule has 1 amide bonds. The molecule has 40 heavy (non-hydrogen) atoms. The Hall–Kier alpha value is -3.76. The summed E-state index contributed by atoms with van der Waals surface area (Å²) in [5.74, 6) is 1.58. The molecule has 2 aliphatic heterocycles. The first-order chi connectivity index (χ1) is 19.1. The first kappa shape index (κ1) is 26.5. The SMILES string of the molecule is CC(=O)N1CCN(c2nc(-c3cccc4c3c(C)cn4S(=O)(=O)c3ccc(C)cc3)nc3c2CNCC3)C(C)C1. The monoisotopic (exact) mass is 558 g/mol. The van der Waals surface area contributed by atoms with Crippen molar-refractivity contribution in [2.75, 3.05) is 31.1 Å². The molecule has 0 bridgehead atoms. The maximum Gasteiger partial charge on any atom is 0.268 e. The Balaban J connectivity index is 1.49. The Morgan fingerprint density at radius 1 is 1.05 bits per heavy atom. The van der Waals surface area contributed by atoms with Gasteiger partial charge in [0.25, 0.3) is 10.0 Å². The van der Waals surface area contributed by atoms with E-state index in [4.69, 9.17) is 9.97 Å². The molecule has 0 spiro atoms. The molecular weight excluding hydrogens is 524 g/mol. The van der Waals surface area contributed by atoms with Gasteiger partial charge in [0.15, 0.2) is 5.82 Å². The molecule has 2 aromatic heterocycles. The van der Waals surface area contributed by atoms with Crippen molar-refractivity contribution in [2.24, 2.45) is 0 Å². The van der Waals surface area contributed by atoms with Crippen molar-refractivity contribution in [3.63, 3.8) is 0 Å². The van der Waals surface area contributed by atoms with Crippen molar-refractivity contribution in [1.82, 2.24) is 24.2 Å². The summed E-state index contributed by atoms with van der Waals surface area (Å²) in [4.78, 5) is 26.6. The zero-order valence-electron chi connectivity index (χ0n) is 23.3. The quantitative estimate of drug-likeness (QED) is 0.408. The number of amides is 1. The van der Waals surface area contributed by atoms with E-state index >= 15 is 0 Å². The van der Waals surface area contributed by atoms with Gasteiger partial charge in [-0.3, -0.25) is 4.79 Å². The van der Waals surface area contributed by atoms with E-state index in [1.165, 1.54) is 3.97 Å². The van der Waals surface area contributed by atoms with Gasteiger partial charge in [0.1, 0.15) is 5.82 Å². The number of hydrogen-bond acceptors (Lipinski definition) is 7. The van der Waals surface area contributed by atoms with Gasteiger partial charge >= 0.3 is 0 Å². The third kappa shape index (κ3) is 4.45. The Morgan fingerprint density at radius 3 is 2.55 bits per heavy atom. The van der Waals surface area contributed by atoms with E-state index in [0.29, 0.717) is 37.5 Å². The van der Waals surface area contributed by atoms with E-state index in [-0.39, 0.29) is 16.8 Å². The summed E-state index contributed by atoms with van der Waals surface area (Å²) < 4.78 is 28.7. The largest absolute Gasteiger partial charge is 0.350 e. The minimum atomic E-state index is -3.79. The lowest BCUT2D eigenvalue weighted by atomic mass is 10.0. The highest BCUT2D eigenvalue weighted by Crippen LogP contribution is 2.36. The Kier molecular flexibility index (Phi) is 6.62. The summed E-state index contributed by atoms with van der Waals surface area (Å²) in [5, 5.41) is 4.28. The van der Waals surface area contributed by atoms with Crippen LogP contribution in [0.5, 0.6) is 0 Å². The van der Waals surface area contributed by atoms with Crippen LogP contribution in [-0.4, -0.2) is 65.4 Å². The smallest absolute Gasteiger partial charge is 0.268 e. The molecule has 10 heteroatoms. The Bertz CT molecular complexity index is 1730. The number of hydrogen-bond donors (Lipinski definition) is 1. The van der Waals surface area contributed by atoms with E-state index in [1.807, 2.05) is 49.1 Å². The van der Waals surface area contributed by atoms with E-state index < -0.39 is 10.0 Å². The van der Waals surface area contributed by atoms with E-state index in [1.54, 1.807) is 25.3 Å². The molecule has 1 N–H and O–H groups in total. The number of benzene rings is 2. The van der Waals surface area contributed by atoms with Gasteiger partial charge in [-0.1, -0.05) is 29.8 Å². The number of carbonyl (C=O) groups excluding carboxylic acids is 1. The van der Waals surface area contributed by atoms with Crippen molar-refractivity contribution in [3.05, 3.63) is 71.0 Å². The number of aryl methyl sites for hydroxylation is 2. The van der Waals surface area contributed by atoms with Gasteiger partial charge in [-0.25, -0.2) is 22.4 Å². The number of nitrogens with zero attached hydrogens (tertiary/aromatic N) is 5. The van der Waals surface area contributed by atoms with Crippen LogP contribution in [0.2, 0.25) is 0 Å². The molecule has 4 heterocycles. The van der Waals surface area contributed by atoms with Gasteiger partial charge in [0, 0.05) is 74.8 Å². The van der Waals surface area contributed by atoms with Gasteiger partial charge in [-0.15, -0.1) is 0 Å². The molecule has 0 saturated carbocycles. The van der Waals surface area contributed by atoms with Crippen LogP contribution in [0.1, 0.15) is 36.2 Å². The van der Waals surface area contributed by atoms with E-state index in [2.05, 4.69) is 17.1 Å². The Labute approximate surface area is 234 Å². The van der Waals surface area contributed by atoms with Crippen LogP contribution in [-0.2, 0) is 27.8 Å². The number of fused-ring (bicyclic) bond motifs is 2. The summed E-state index contributed by atoms with van der Waals surface area (Å²) in [7, 11) is -3.79. The maximum atomic E-state index is 13.7. The second-order valence-corrected chi connectivity index (χ2v) is 12.7. The fraction of sp³-hybridized carbons (Fsp3) is 0.367. The van der Waals surface area contributed by atoms with Crippen molar-refractivity contribution in [2.45, 2.75) is 51.6 Å². The van der Waals surface area contributed by atoms with Gasteiger partial charge in [0.05, 0.1) is 16.1 Å². The minimum absolute atomic E-state index is 0.0887. The normalized spacial score (nSPS) is 17.8. The molecule has 2 aliphatic rings. The molecule has 1 saturated heterocycles. The highest BCUT2D eigenvalue weighted by Gasteiger charge is 2.31.